The van der Waals surface area contributed by atoms with Crippen LogP contribution in [0.1, 0.15) is 5.56 Å². The molecule has 1 aromatic heterocycles. The molecular weight excluding hydrogens is 243 g/mol. The lowest BCUT2D eigenvalue weighted by molar-refractivity contribution is 0.460. The second-order valence-electron chi connectivity index (χ2n) is 3.37. The van der Waals surface area contributed by atoms with Gasteiger partial charge < -0.3 is 10.5 Å². The van der Waals surface area contributed by atoms with Gasteiger partial charge in [0.15, 0.2) is 0 Å². The van der Waals surface area contributed by atoms with E-state index in [0.29, 0.717) is 23.2 Å². The molecule has 0 aliphatic carbocycles. The fourth-order valence-corrected chi connectivity index (χ4v) is 1.47. The van der Waals surface area contributed by atoms with Gasteiger partial charge in [-0.1, -0.05) is 11.6 Å². The van der Waals surface area contributed by atoms with Gasteiger partial charge in [-0.2, -0.15) is 0 Å². The van der Waals surface area contributed by atoms with Crippen LogP contribution in [-0.4, -0.2) is 4.98 Å². The van der Waals surface area contributed by atoms with E-state index in [1.165, 1.54) is 30.5 Å². The number of hydrogen-bond donors (Lipinski definition) is 1. The molecule has 1 aromatic carbocycles. The highest BCUT2D eigenvalue weighted by Crippen LogP contribution is 2.23. The molecule has 5 heteroatoms. The van der Waals surface area contributed by atoms with Crippen molar-refractivity contribution in [2.24, 2.45) is 5.73 Å². The smallest absolute Gasteiger partial charge is 0.219 e. The lowest BCUT2D eigenvalue weighted by Gasteiger charge is -2.06. The van der Waals surface area contributed by atoms with Crippen LogP contribution in [0.5, 0.6) is 11.6 Å². The summed E-state index contributed by atoms with van der Waals surface area (Å²) >= 11 is 5.87. The summed E-state index contributed by atoms with van der Waals surface area (Å²) < 4.78 is 18.1. The molecule has 0 amide bonds. The lowest BCUT2D eigenvalue weighted by Crippen LogP contribution is -1.99. The number of rotatable bonds is 3. The van der Waals surface area contributed by atoms with E-state index in [1.54, 1.807) is 6.07 Å². The third-order valence-electron chi connectivity index (χ3n) is 2.17. The van der Waals surface area contributed by atoms with E-state index in [2.05, 4.69) is 4.98 Å². The summed E-state index contributed by atoms with van der Waals surface area (Å²) in [6.07, 6.45) is 1.47. The zero-order valence-corrected chi connectivity index (χ0v) is 9.62. The summed E-state index contributed by atoms with van der Waals surface area (Å²) in [7, 11) is 0. The summed E-state index contributed by atoms with van der Waals surface area (Å²) in [4.78, 5) is 4.00. The molecule has 2 aromatic rings. The molecular formula is C12H10ClFN2O. The monoisotopic (exact) mass is 252 g/mol. The maximum absolute atomic E-state index is 12.7. The third kappa shape index (κ3) is 2.93. The van der Waals surface area contributed by atoms with Crippen LogP contribution in [0.4, 0.5) is 4.39 Å². The van der Waals surface area contributed by atoms with Gasteiger partial charge in [0.1, 0.15) is 11.6 Å². The van der Waals surface area contributed by atoms with Crippen LogP contribution in [-0.2, 0) is 6.54 Å². The Balaban J connectivity index is 2.21. The molecule has 0 bridgehead atoms. The van der Waals surface area contributed by atoms with Crippen molar-refractivity contribution in [3.8, 4) is 11.6 Å². The fraction of sp³-hybridized carbons (Fsp3) is 0.0833. The molecule has 88 valence electrons. The van der Waals surface area contributed by atoms with Crippen molar-refractivity contribution < 1.29 is 9.13 Å². The van der Waals surface area contributed by atoms with Crippen LogP contribution in [0.25, 0.3) is 0 Å². The Morgan fingerprint density at radius 1 is 1.29 bits per heavy atom. The molecule has 0 aliphatic heterocycles. The first-order chi connectivity index (χ1) is 8.19. The summed E-state index contributed by atoms with van der Waals surface area (Å²) in [5, 5.41) is 0.499. The second-order valence-corrected chi connectivity index (χ2v) is 3.78. The molecule has 17 heavy (non-hydrogen) atoms. The zero-order valence-electron chi connectivity index (χ0n) is 8.86. The minimum atomic E-state index is -0.316. The number of nitrogens with two attached hydrogens (primary N) is 1. The highest BCUT2D eigenvalue weighted by Gasteiger charge is 2.04. The van der Waals surface area contributed by atoms with Crippen LogP contribution in [0.2, 0.25) is 5.02 Å². The molecule has 0 saturated heterocycles. The van der Waals surface area contributed by atoms with Gasteiger partial charge in [-0.3, -0.25) is 0 Å². The highest BCUT2D eigenvalue weighted by molar-refractivity contribution is 6.31. The number of ether oxygens (including phenoxy) is 1. The maximum Gasteiger partial charge on any atom is 0.219 e. The number of hydrogen-bond acceptors (Lipinski definition) is 3. The average Bonchev–Trinajstić information content (AvgIpc) is 2.34. The van der Waals surface area contributed by atoms with E-state index in [9.17, 15) is 4.39 Å². The van der Waals surface area contributed by atoms with Crippen LogP contribution in [0.15, 0.2) is 36.5 Å². The summed E-state index contributed by atoms with van der Waals surface area (Å²) in [6.45, 7) is 0.307. The van der Waals surface area contributed by atoms with E-state index < -0.39 is 0 Å². The third-order valence-corrected chi connectivity index (χ3v) is 2.51. The number of halogens is 2. The molecule has 1 heterocycles. The van der Waals surface area contributed by atoms with Gasteiger partial charge >= 0.3 is 0 Å². The van der Waals surface area contributed by atoms with Gasteiger partial charge in [0.25, 0.3) is 0 Å². The molecule has 0 unspecified atom stereocenters. The molecule has 0 spiro atoms. The van der Waals surface area contributed by atoms with Crippen LogP contribution < -0.4 is 10.5 Å². The number of pyridine rings is 1. The molecule has 3 nitrogen and oxygen atoms in total. The van der Waals surface area contributed by atoms with Crippen molar-refractivity contribution >= 4 is 11.6 Å². The first kappa shape index (κ1) is 11.8. The number of benzene rings is 1. The molecule has 0 saturated carbocycles. The lowest BCUT2D eigenvalue weighted by atomic mass is 10.2. The van der Waals surface area contributed by atoms with Crippen LogP contribution in [0, 0.1) is 5.82 Å². The van der Waals surface area contributed by atoms with E-state index in [4.69, 9.17) is 22.1 Å². The minimum absolute atomic E-state index is 0.307. The Morgan fingerprint density at radius 2 is 2.00 bits per heavy atom. The summed E-state index contributed by atoms with van der Waals surface area (Å²) in [6, 6.07) is 7.33. The van der Waals surface area contributed by atoms with Gasteiger partial charge in [-0.15, -0.1) is 0 Å². The highest BCUT2D eigenvalue weighted by atomic mass is 35.5. The van der Waals surface area contributed by atoms with Gasteiger partial charge in [-0.25, -0.2) is 9.37 Å². The summed E-state index contributed by atoms with van der Waals surface area (Å²) in [5.74, 6) is 0.565. The fourth-order valence-electron chi connectivity index (χ4n) is 1.29. The second kappa shape index (κ2) is 5.12. The van der Waals surface area contributed by atoms with E-state index >= 15 is 0 Å². The minimum Gasteiger partial charge on any atom is -0.439 e. The van der Waals surface area contributed by atoms with Crippen molar-refractivity contribution in [1.29, 1.82) is 0 Å². The quantitative estimate of drug-likeness (QED) is 0.913. The Morgan fingerprint density at radius 3 is 2.65 bits per heavy atom. The van der Waals surface area contributed by atoms with Crippen molar-refractivity contribution in [1.82, 2.24) is 4.98 Å². The molecule has 0 radical (unpaired) electrons. The zero-order chi connectivity index (χ0) is 12.3. The average molecular weight is 253 g/mol. The van der Waals surface area contributed by atoms with Crippen molar-refractivity contribution in [2.75, 3.05) is 0 Å². The first-order valence-corrected chi connectivity index (χ1v) is 5.35. The first-order valence-electron chi connectivity index (χ1n) is 4.97. The van der Waals surface area contributed by atoms with Gasteiger partial charge in [0.2, 0.25) is 5.88 Å². The molecule has 0 atom stereocenters. The van der Waals surface area contributed by atoms with Crippen molar-refractivity contribution in [3.05, 3.63) is 52.9 Å². The van der Waals surface area contributed by atoms with Crippen LogP contribution >= 0.6 is 11.6 Å². The maximum atomic E-state index is 12.7. The normalized spacial score (nSPS) is 10.3. The SMILES string of the molecule is NCc1cc(Oc2ccc(F)cc2)ncc1Cl. The standard InChI is InChI=1S/C12H10ClFN2O/c13-11-7-16-12(5-8(11)6-15)17-10-3-1-9(14)2-4-10/h1-5,7H,6,15H2. The Hall–Kier alpha value is -1.65. The largest absolute Gasteiger partial charge is 0.439 e. The number of aromatic nitrogens is 1. The van der Waals surface area contributed by atoms with Crippen LogP contribution in [0.3, 0.4) is 0 Å². The van der Waals surface area contributed by atoms with Gasteiger partial charge in [-0.05, 0) is 29.8 Å². The Bertz CT molecular complexity index is 516. The molecule has 2 N–H and O–H groups in total. The molecule has 0 fully saturated rings. The summed E-state index contributed by atoms with van der Waals surface area (Å²) in [5.41, 5.74) is 6.26. The van der Waals surface area contributed by atoms with Crippen molar-refractivity contribution in [3.63, 3.8) is 0 Å². The van der Waals surface area contributed by atoms with E-state index in [0.717, 1.165) is 5.56 Å². The molecule has 0 aliphatic rings. The Labute approximate surface area is 103 Å². The topological polar surface area (TPSA) is 48.1 Å². The van der Waals surface area contributed by atoms with Gasteiger partial charge in [0, 0.05) is 18.8 Å². The van der Waals surface area contributed by atoms with Gasteiger partial charge in [0.05, 0.1) is 5.02 Å². The predicted octanol–water partition coefficient (Wildman–Crippen LogP) is 3.13. The predicted molar refractivity (Wildman–Crippen MR) is 63.6 cm³/mol. The molecule has 2 rings (SSSR count). The Kier molecular flexibility index (Phi) is 3.56. The van der Waals surface area contributed by atoms with E-state index in [-0.39, 0.29) is 5.82 Å². The van der Waals surface area contributed by atoms with Crippen molar-refractivity contribution in [2.45, 2.75) is 6.54 Å². The van der Waals surface area contributed by atoms with E-state index in [1.807, 2.05) is 0 Å². The number of nitrogens with zero attached hydrogens (tertiary/aromatic N) is 1.